The van der Waals surface area contributed by atoms with Gasteiger partial charge in [0.05, 0.1) is 0 Å². The fourth-order valence-corrected chi connectivity index (χ4v) is 5.34. The molecule has 1 aliphatic heterocycles. The minimum atomic E-state index is 0.113. The summed E-state index contributed by atoms with van der Waals surface area (Å²) in [5.74, 6) is 0.304. The zero-order valence-electron chi connectivity index (χ0n) is 21.1. The van der Waals surface area contributed by atoms with E-state index in [2.05, 4.69) is 82.5 Å². The number of nitrogens with zero attached hydrogens (tertiary/aromatic N) is 4. The van der Waals surface area contributed by atoms with Gasteiger partial charge in [-0.25, -0.2) is 9.97 Å². The third kappa shape index (κ3) is 4.58. The fraction of sp³-hybridized carbons (Fsp3) is 0.345. The first-order valence-corrected chi connectivity index (χ1v) is 12.6. The molecule has 36 heavy (non-hydrogen) atoms. The van der Waals surface area contributed by atoms with E-state index in [0.717, 1.165) is 43.7 Å². The molecule has 6 rings (SSSR count). The Kier molecular flexibility index (Phi) is 6.74. The molecule has 0 spiro atoms. The molecule has 4 aromatic rings. The van der Waals surface area contributed by atoms with Crippen LogP contribution in [0.25, 0.3) is 22.0 Å². The number of anilines is 1. The van der Waals surface area contributed by atoms with E-state index >= 15 is 0 Å². The van der Waals surface area contributed by atoms with Crippen molar-refractivity contribution in [3.8, 4) is 11.1 Å². The molecule has 1 aliphatic carbocycles. The highest BCUT2D eigenvalue weighted by Gasteiger charge is 2.41. The Morgan fingerprint density at radius 1 is 0.972 bits per heavy atom. The second-order valence-electron chi connectivity index (χ2n) is 9.99. The molecule has 1 saturated heterocycles. The number of piperazine rings is 1. The maximum Gasteiger partial charge on any atom is 0.219 e. The average Bonchev–Trinajstić information content (AvgIpc) is 3.31. The number of hydrogen-bond donors (Lipinski definition) is 2. The van der Waals surface area contributed by atoms with E-state index in [0.29, 0.717) is 5.95 Å². The summed E-state index contributed by atoms with van der Waals surface area (Å²) in [6.45, 7) is 5.97. The maximum absolute atomic E-state index is 10.2. The van der Waals surface area contributed by atoms with Crippen molar-refractivity contribution in [3.05, 3.63) is 77.7 Å². The molecule has 3 heterocycles. The summed E-state index contributed by atoms with van der Waals surface area (Å²) >= 11 is 0. The van der Waals surface area contributed by atoms with Crippen molar-refractivity contribution in [3.63, 3.8) is 0 Å². The largest absolute Gasteiger partial charge is 0.368 e. The van der Waals surface area contributed by atoms with Gasteiger partial charge >= 0.3 is 0 Å². The molecular formula is C29H34N6O. The number of aryl methyl sites for hydroxylation is 1. The van der Waals surface area contributed by atoms with Gasteiger partial charge in [0.1, 0.15) is 0 Å². The van der Waals surface area contributed by atoms with E-state index < -0.39 is 0 Å². The first-order valence-electron chi connectivity index (χ1n) is 12.6. The highest BCUT2D eigenvalue weighted by Crippen LogP contribution is 2.51. The third-order valence-electron chi connectivity index (χ3n) is 7.78. The summed E-state index contributed by atoms with van der Waals surface area (Å²) in [7, 11) is 2.07. The number of nitrogens with one attached hydrogen (secondary N) is 1. The van der Waals surface area contributed by atoms with Crippen molar-refractivity contribution >= 4 is 23.3 Å². The van der Waals surface area contributed by atoms with Gasteiger partial charge in [0, 0.05) is 66.7 Å². The van der Waals surface area contributed by atoms with E-state index in [-0.39, 0.29) is 5.41 Å². The number of para-hydroxylation sites is 1. The molecule has 0 unspecified atom stereocenters. The number of aromatic nitrogens is 3. The fourth-order valence-electron chi connectivity index (χ4n) is 5.34. The molecule has 2 aliphatic rings. The van der Waals surface area contributed by atoms with Gasteiger partial charge in [-0.2, -0.15) is 0 Å². The van der Waals surface area contributed by atoms with Crippen LogP contribution in [0.15, 0.2) is 61.1 Å². The highest BCUT2D eigenvalue weighted by molar-refractivity contribution is 5.87. The van der Waals surface area contributed by atoms with E-state index in [1.54, 1.807) is 17.3 Å². The van der Waals surface area contributed by atoms with Crippen LogP contribution in [0.5, 0.6) is 0 Å². The number of fused-ring (bicyclic) bond motifs is 1. The Bertz CT molecular complexity index is 1320. The molecule has 0 radical (unpaired) electrons. The van der Waals surface area contributed by atoms with Crippen LogP contribution in [0.3, 0.4) is 0 Å². The minimum Gasteiger partial charge on any atom is -0.368 e. The normalized spacial score (nSPS) is 17.2. The van der Waals surface area contributed by atoms with Crippen LogP contribution in [-0.4, -0.2) is 64.4 Å². The van der Waals surface area contributed by atoms with Crippen LogP contribution in [0, 0.1) is 6.92 Å². The molecule has 186 valence electrons. The van der Waals surface area contributed by atoms with Crippen molar-refractivity contribution in [2.24, 2.45) is 0 Å². The zero-order chi connectivity index (χ0) is 25.1. The Hall–Kier alpha value is -3.71. The lowest BCUT2D eigenvalue weighted by Gasteiger charge is -2.43. The van der Waals surface area contributed by atoms with Crippen LogP contribution in [0.4, 0.5) is 5.95 Å². The number of nitrogen functional groups attached to an aromatic ring is 1. The summed E-state index contributed by atoms with van der Waals surface area (Å²) in [5.41, 5.74) is 13.2. The van der Waals surface area contributed by atoms with Crippen LogP contribution in [0.1, 0.15) is 36.0 Å². The lowest BCUT2D eigenvalue weighted by Crippen LogP contribution is -2.43. The SMILES string of the molecule is CN1CCN(C=O)CC1.Cc1cccc2c(C3(c4ccc(-c5cnc(N)nc5)cc4)CCC3)c[nH]c12. The van der Waals surface area contributed by atoms with Crippen molar-refractivity contribution in [1.82, 2.24) is 24.8 Å². The summed E-state index contributed by atoms with van der Waals surface area (Å²) in [5, 5.41) is 1.35. The zero-order valence-corrected chi connectivity index (χ0v) is 21.1. The first-order chi connectivity index (χ1) is 17.5. The van der Waals surface area contributed by atoms with E-state index in [9.17, 15) is 4.79 Å². The molecule has 2 aromatic carbocycles. The average molecular weight is 483 g/mol. The number of H-pyrrole nitrogens is 1. The number of likely N-dealkylation sites (N-methyl/N-ethyl adjacent to an activating group) is 1. The second-order valence-corrected chi connectivity index (χ2v) is 9.99. The Labute approximate surface area is 212 Å². The standard InChI is InChI=1S/C23H22N4.C6H12N2O/c1-15-4-2-5-19-20(14-25-21(15)19)23(10-3-11-23)18-8-6-16(7-9-18)17-12-26-22(24)27-13-17;1-7-2-4-8(6-9)5-3-7/h2,4-9,12-14,25H,3,10-11H2,1H3,(H2,24,26,27);6H,2-5H2,1H3. The molecule has 2 fully saturated rings. The van der Waals surface area contributed by atoms with Gasteiger partial charge < -0.3 is 20.5 Å². The number of rotatable bonds is 4. The maximum atomic E-state index is 10.2. The lowest BCUT2D eigenvalue weighted by atomic mass is 9.60. The highest BCUT2D eigenvalue weighted by atomic mass is 16.1. The van der Waals surface area contributed by atoms with Crippen molar-refractivity contribution in [2.75, 3.05) is 39.0 Å². The third-order valence-corrected chi connectivity index (χ3v) is 7.78. The van der Waals surface area contributed by atoms with Gasteiger partial charge in [-0.05, 0) is 49.1 Å². The molecule has 0 bridgehead atoms. The van der Waals surface area contributed by atoms with E-state index in [1.807, 2.05) is 0 Å². The van der Waals surface area contributed by atoms with Crippen LogP contribution in [-0.2, 0) is 10.2 Å². The van der Waals surface area contributed by atoms with Gasteiger partial charge in [0.25, 0.3) is 0 Å². The number of amides is 1. The number of nitrogens with two attached hydrogens (primary N) is 1. The molecule has 1 amide bonds. The van der Waals surface area contributed by atoms with Crippen LogP contribution in [0.2, 0.25) is 0 Å². The Balaban J connectivity index is 0.000000252. The number of carbonyl (C=O) groups excluding carboxylic acids is 1. The molecule has 1 saturated carbocycles. The summed E-state index contributed by atoms with van der Waals surface area (Å²) in [4.78, 5) is 25.9. The molecule has 0 atom stereocenters. The number of carbonyl (C=O) groups is 1. The van der Waals surface area contributed by atoms with Gasteiger partial charge in [-0.15, -0.1) is 0 Å². The molecular weight excluding hydrogens is 448 g/mol. The van der Waals surface area contributed by atoms with Crippen LogP contribution < -0.4 is 5.73 Å². The predicted molar refractivity (Wildman–Crippen MR) is 145 cm³/mol. The molecule has 3 N–H and O–H groups in total. The monoisotopic (exact) mass is 482 g/mol. The Morgan fingerprint density at radius 2 is 1.67 bits per heavy atom. The Morgan fingerprint density at radius 3 is 2.28 bits per heavy atom. The molecule has 7 nitrogen and oxygen atoms in total. The lowest BCUT2D eigenvalue weighted by molar-refractivity contribution is -0.119. The minimum absolute atomic E-state index is 0.113. The number of aromatic amines is 1. The second kappa shape index (κ2) is 10.1. The van der Waals surface area contributed by atoms with Gasteiger partial charge in [0.2, 0.25) is 12.4 Å². The smallest absolute Gasteiger partial charge is 0.219 e. The van der Waals surface area contributed by atoms with Gasteiger partial charge in [0.15, 0.2) is 0 Å². The van der Waals surface area contributed by atoms with Crippen molar-refractivity contribution < 1.29 is 4.79 Å². The summed E-state index contributed by atoms with van der Waals surface area (Å²) in [6, 6.07) is 15.4. The van der Waals surface area contributed by atoms with Gasteiger partial charge in [-0.1, -0.05) is 48.9 Å². The summed E-state index contributed by atoms with van der Waals surface area (Å²) in [6.07, 6.45) is 10.4. The first kappa shape index (κ1) is 24.0. The quantitative estimate of drug-likeness (QED) is 0.422. The van der Waals surface area contributed by atoms with E-state index in [4.69, 9.17) is 5.73 Å². The predicted octanol–water partition coefficient (Wildman–Crippen LogP) is 4.38. The van der Waals surface area contributed by atoms with Crippen molar-refractivity contribution in [2.45, 2.75) is 31.6 Å². The summed E-state index contributed by atoms with van der Waals surface area (Å²) < 4.78 is 0. The van der Waals surface area contributed by atoms with Crippen molar-refractivity contribution in [1.29, 1.82) is 0 Å². The number of hydrogen-bond acceptors (Lipinski definition) is 5. The number of benzene rings is 2. The topological polar surface area (TPSA) is 91.1 Å². The molecule has 2 aromatic heterocycles. The van der Waals surface area contributed by atoms with E-state index in [1.165, 1.54) is 46.9 Å². The van der Waals surface area contributed by atoms with Gasteiger partial charge in [-0.3, -0.25) is 4.79 Å². The van der Waals surface area contributed by atoms with Crippen LogP contribution >= 0.6 is 0 Å². The molecule has 7 heteroatoms.